The molecule has 1 N–H and O–H groups in total. The van der Waals surface area contributed by atoms with E-state index < -0.39 is 11.2 Å². The molecule has 0 spiro atoms. The number of H-pyrrole nitrogens is 1. The number of ether oxygens (including phenoxy) is 1. The predicted octanol–water partition coefficient (Wildman–Crippen LogP) is 3.34. The largest absolute Gasteiger partial charge is 0.480 e. The molecule has 0 bridgehead atoms. The molecule has 1 aliphatic heterocycles. The summed E-state index contributed by atoms with van der Waals surface area (Å²) >= 11 is 0. The van der Waals surface area contributed by atoms with E-state index in [1.54, 1.807) is 0 Å². The number of aryl methyl sites for hydroxylation is 1. The maximum Gasteiger partial charge on any atom is 0.337 e. The second-order valence-corrected chi connectivity index (χ2v) is 8.39. The fraction of sp³-hybridized carbons (Fsp3) is 0.565. The highest BCUT2D eigenvalue weighted by Crippen LogP contribution is 2.29. The zero-order valence-electron chi connectivity index (χ0n) is 18.5. The molecule has 9 heteroatoms. The Bertz CT molecular complexity index is 1100. The molecule has 0 radical (unpaired) electrons. The van der Waals surface area contributed by atoms with Gasteiger partial charge in [-0.2, -0.15) is 4.98 Å². The average molecular weight is 443 g/mol. The zero-order chi connectivity index (χ0) is 22.5. The number of fused-ring (bicyclic) bond motifs is 1. The van der Waals surface area contributed by atoms with Gasteiger partial charge in [-0.3, -0.25) is 9.78 Å². The molecule has 1 saturated carbocycles. The number of rotatable bonds is 8. The molecule has 172 valence electrons. The molecular weight excluding hydrogens is 412 g/mol. The maximum absolute atomic E-state index is 12.7. The molecule has 32 heavy (non-hydrogen) atoms. The van der Waals surface area contributed by atoms with E-state index in [1.807, 2.05) is 6.92 Å². The number of nitrogens with zero attached hydrogens (tertiary/aromatic N) is 3. The molecule has 2 aromatic heterocycles. The molecule has 0 amide bonds. The van der Waals surface area contributed by atoms with E-state index in [0.717, 1.165) is 25.2 Å². The molecule has 2 aliphatic rings. The fourth-order valence-electron chi connectivity index (χ4n) is 4.50. The van der Waals surface area contributed by atoms with Crippen molar-refractivity contribution in [2.45, 2.75) is 58.3 Å². The van der Waals surface area contributed by atoms with Crippen molar-refractivity contribution in [1.29, 1.82) is 0 Å². The van der Waals surface area contributed by atoms with E-state index >= 15 is 0 Å². The van der Waals surface area contributed by atoms with Gasteiger partial charge in [0.25, 0.3) is 5.56 Å². The van der Waals surface area contributed by atoms with Crippen molar-refractivity contribution in [3.05, 3.63) is 44.9 Å². The lowest BCUT2D eigenvalue weighted by Gasteiger charge is -2.29. The Labute approximate surface area is 186 Å². The minimum atomic E-state index is -0.517. The van der Waals surface area contributed by atoms with E-state index in [2.05, 4.69) is 26.6 Å². The first-order valence-corrected chi connectivity index (χ1v) is 11.4. The molecule has 2 aromatic rings. The highest BCUT2D eigenvalue weighted by Gasteiger charge is 2.19. The van der Waals surface area contributed by atoms with E-state index in [9.17, 15) is 9.59 Å². The quantitative estimate of drug-likeness (QED) is 0.493. The van der Waals surface area contributed by atoms with Gasteiger partial charge in [0, 0.05) is 32.0 Å². The van der Waals surface area contributed by atoms with Crippen LogP contribution in [0.25, 0.3) is 11.1 Å². The monoisotopic (exact) mass is 442 g/mol. The van der Waals surface area contributed by atoms with Crippen LogP contribution in [0.15, 0.2) is 37.7 Å². The second kappa shape index (κ2) is 10.0. The highest BCUT2D eigenvalue weighted by atomic mass is 16.6. The SMILES string of the molecule is C=C(OCC)N1CCC(=NOc2nc3oc(=O)cc(CCC4CCCC4)c3c(=O)[nH]2)CC1. The van der Waals surface area contributed by atoms with Gasteiger partial charge in [0.1, 0.15) is 5.39 Å². The normalized spacial score (nSPS) is 17.0. The van der Waals surface area contributed by atoms with Crippen molar-refractivity contribution in [2.75, 3.05) is 19.7 Å². The Kier molecular flexibility index (Phi) is 6.92. The zero-order valence-corrected chi connectivity index (χ0v) is 18.5. The Morgan fingerprint density at radius 2 is 2.06 bits per heavy atom. The molecule has 3 heterocycles. The second-order valence-electron chi connectivity index (χ2n) is 8.39. The van der Waals surface area contributed by atoms with Crippen LogP contribution in [-0.4, -0.2) is 40.3 Å². The van der Waals surface area contributed by atoms with Crippen LogP contribution >= 0.6 is 0 Å². The van der Waals surface area contributed by atoms with E-state index in [-0.39, 0.29) is 11.7 Å². The van der Waals surface area contributed by atoms with Crippen molar-refractivity contribution >= 4 is 16.8 Å². The van der Waals surface area contributed by atoms with E-state index in [1.165, 1.54) is 31.7 Å². The first kappa shape index (κ1) is 22.1. The molecular formula is C23H30N4O5. The van der Waals surface area contributed by atoms with Crippen molar-refractivity contribution in [2.24, 2.45) is 11.1 Å². The number of hydrogen-bond acceptors (Lipinski definition) is 8. The third-order valence-corrected chi connectivity index (χ3v) is 6.24. The number of likely N-dealkylation sites (tertiary alicyclic amines) is 1. The summed E-state index contributed by atoms with van der Waals surface area (Å²) in [6.07, 6.45) is 7.92. The van der Waals surface area contributed by atoms with Crippen LogP contribution in [0.2, 0.25) is 0 Å². The summed E-state index contributed by atoms with van der Waals surface area (Å²) in [7, 11) is 0. The number of aromatic nitrogens is 2. The Morgan fingerprint density at radius 1 is 1.31 bits per heavy atom. The number of piperidine rings is 1. The lowest BCUT2D eigenvalue weighted by Crippen LogP contribution is -2.34. The minimum absolute atomic E-state index is 0.0132. The maximum atomic E-state index is 12.7. The van der Waals surface area contributed by atoms with Crippen LogP contribution in [0.1, 0.15) is 57.4 Å². The first-order valence-electron chi connectivity index (χ1n) is 11.4. The summed E-state index contributed by atoms with van der Waals surface area (Å²) in [6.45, 7) is 7.88. The Balaban J connectivity index is 1.46. The average Bonchev–Trinajstić information content (AvgIpc) is 3.30. The smallest absolute Gasteiger partial charge is 0.337 e. The van der Waals surface area contributed by atoms with Crippen molar-refractivity contribution in [3.63, 3.8) is 0 Å². The van der Waals surface area contributed by atoms with Crippen LogP contribution < -0.4 is 16.0 Å². The molecule has 2 fully saturated rings. The van der Waals surface area contributed by atoms with Crippen LogP contribution in [0.3, 0.4) is 0 Å². The van der Waals surface area contributed by atoms with Gasteiger partial charge in [-0.05, 0) is 37.8 Å². The van der Waals surface area contributed by atoms with Gasteiger partial charge in [0.2, 0.25) is 5.71 Å². The molecule has 1 aliphatic carbocycles. The number of aromatic amines is 1. The Morgan fingerprint density at radius 3 is 2.78 bits per heavy atom. The molecule has 9 nitrogen and oxygen atoms in total. The van der Waals surface area contributed by atoms with Crippen molar-refractivity contribution < 1.29 is 14.0 Å². The standard InChI is InChI=1S/C23H30N4O5/c1-3-30-15(2)27-12-10-18(11-13-27)26-32-23-24-21(29)20-17(9-8-16-6-4-5-7-16)14-19(28)31-22(20)25-23/h14,16H,2-13H2,1H3,(H,24,25,29). The summed E-state index contributed by atoms with van der Waals surface area (Å²) in [4.78, 5) is 39.0. The van der Waals surface area contributed by atoms with Gasteiger partial charge < -0.3 is 18.9 Å². The summed E-state index contributed by atoms with van der Waals surface area (Å²) < 4.78 is 10.6. The van der Waals surface area contributed by atoms with Crippen molar-refractivity contribution in [3.8, 4) is 6.01 Å². The van der Waals surface area contributed by atoms with Crippen LogP contribution in [-0.2, 0) is 11.2 Å². The summed E-state index contributed by atoms with van der Waals surface area (Å²) in [6, 6.07) is 1.31. The van der Waals surface area contributed by atoms with Crippen LogP contribution in [0, 0.1) is 5.92 Å². The molecule has 1 saturated heterocycles. The van der Waals surface area contributed by atoms with E-state index in [4.69, 9.17) is 14.0 Å². The number of nitrogens with one attached hydrogen (secondary N) is 1. The first-order chi connectivity index (χ1) is 15.5. The fourth-order valence-corrected chi connectivity index (χ4v) is 4.50. The number of oxime groups is 1. The van der Waals surface area contributed by atoms with Crippen LogP contribution in [0.4, 0.5) is 0 Å². The minimum Gasteiger partial charge on any atom is -0.480 e. The summed E-state index contributed by atoms with van der Waals surface area (Å²) in [5.41, 5.74) is 0.604. The van der Waals surface area contributed by atoms with Crippen molar-refractivity contribution in [1.82, 2.24) is 14.9 Å². The topological polar surface area (TPSA) is 110 Å². The summed E-state index contributed by atoms with van der Waals surface area (Å²) in [5, 5.41) is 4.45. The molecule has 0 unspecified atom stereocenters. The predicted molar refractivity (Wildman–Crippen MR) is 121 cm³/mol. The van der Waals surface area contributed by atoms with Gasteiger partial charge in [-0.1, -0.05) is 30.8 Å². The summed E-state index contributed by atoms with van der Waals surface area (Å²) in [5.74, 6) is 1.31. The highest BCUT2D eigenvalue weighted by molar-refractivity contribution is 5.85. The van der Waals surface area contributed by atoms with Gasteiger partial charge in [0.05, 0.1) is 12.3 Å². The molecule has 0 atom stereocenters. The molecule has 0 aromatic carbocycles. The van der Waals surface area contributed by atoms with Gasteiger partial charge in [0.15, 0.2) is 5.88 Å². The lowest BCUT2D eigenvalue weighted by molar-refractivity contribution is 0.121. The number of hydrogen-bond donors (Lipinski definition) is 1. The lowest BCUT2D eigenvalue weighted by atomic mass is 9.97. The van der Waals surface area contributed by atoms with Gasteiger partial charge >= 0.3 is 11.6 Å². The van der Waals surface area contributed by atoms with Crippen LogP contribution in [0.5, 0.6) is 6.01 Å². The van der Waals surface area contributed by atoms with Gasteiger partial charge in [-0.15, -0.1) is 0 Å². The molecule has 4 rings (SSSR count). The third-order valence-electron chi connectivity index (χ3n) is 6.24. The van der Waals surface area contributed by atoms with E-state index in [0.29, 0.717) is 48.6 Å². The van der Waals surface area contributed by atoms with Gasteiger partial charge in [-0.25, -0.2) is 4.79 Å². The third kappa shape index (κ3) is 5.20. The Hall–Kier alpha value is -3.10.